The number of hydrogen-bond acceptors (Lipinski definition) is 2. The van der Waals surface area contributed by atoms with Crippen molar-refractivity contribution in [2.75, 3.05) is 7.11 Å². The highest BCUT2D eigenvalue weighted by Crippen LogP contribution is 2.38. The van der Waals surface area contributed by atoms with Crippen LogP contribution in [0, 0.1) is 5.92 Å². The standard InChI is InChI=1S/C16H19F3O2/c1-21-15(20)10-11-3-2-4-13(9-11)12-5-7-14(8-6-12)16(17,18)19/h5-8,11,13H,2-4,9-10H2,1H3. The van der Waals surface area contributed by atoms with E-state index in [4.69, 9.17) is 0 Å². The molecule has 1 aliphatic rings. The maximum Gasteiger partial charge on any atom is 0.416 e. The average molecular weight is 300 g/mol. The number of hydrogen-bond donors (Lipinski definition) is 0. The minimum Gasteiger partial charge on any atom is -0.469 e. The summed E-state index contributed by atoms with van der Waals surface area (Å²) < 4.78 is 42.3. The van der Waals surface area contributed by atoms with Crippen molar-refractivity contribution in [2.24, 2.45) is 5.92 Å². The first kappa shape index (κ1) is 15.9. The lowest BCUT2D eigenvalue weighted by molar-refractivity contribution is -0.142. The minimum atomic E-state index is -4.29. The van der Waals surface area contributed by atoms with Crippen LogP contribution < -0.4 is 0 Å². The fraction of sp³-hybridized carbons (Fsp3) is 0.562. The first-order valence-electron chi connectivity index (χ1n) is 7.14. The zero-order valence-corrected chi connectivity index (χ0v) is 12.0. The molecule has 0 radical (unpaired) electrons. The Bertz CT molecular complexity index is 479. The van der Waals surface area contributed by atoms with Crippen LogP contribution in [0.2, 0.25) is 0 Å². The molecule has 0 aliphatic heterocycles. The Morgan fingerprint density at radius 2 is 1.90 bits per heavy atom. The van der Waals surface area contributed by atoms with Gasteiger partial charge in [0.1, 0.15) is 0 Å². The van der Waals surface area contributed by atoms with E-state index in [0.717, 1.165) is 43.4 Å². The maximum atomic E-state index is 12.6. The van der Waals surface area contributed by atoms with E-state index in [0.29, 0.717) is 6.42 Å². The van der Waals surface area contributed by atoms with Crippen LogP contribution in [0.3, 0.4) is 0 Å². The Kier molecular flexibility index (Phi) is 4.91. The monoisotopic (exact) mass is 300 g/mol. The van der Waals surface area contributed by atoms with Gasteiger partial charge in [0.2, 0.25) is 0 Å². The first-order valence-corrected chi connectivity index (χ1v) is 7.14. The molecule has 5 heteroatoms. The van der Waals surface area contributed by atoms with Crippen molar-refractivity contribution in [2.45, 2.75) is 44.2 Å². The molecule has 21 heavy (non-hydrogen) atoms. The third-order valence-electron chi connectivity index (χ3n) is 4.18. The molecule has 2 unspecified atom stereocenters. The van der Waals surface area contributed by atoms with Gasteiger partial charge in [0.05, 0.1) is 12.7 Å². The van der Waals surface area contributed by atoms with Crippen molar-refractivity contribution in [3.05, 3.63) is 35.4 Å². The third kappa shape index (κ3) is 4.22. The highest BCUT2D eigenvalue weighted by atomic mass is 19.4. The molecule has 2 atom stereocenters. The number of esters is 1. The quantitative estimate of drug-likeness (QED) is 0.766. The summed E-state index contributed by atoms with van der Waals surface area (Å²) in [6.07, 6.45) is -0.130. The van der Waals surface area contributed by atoms with Gasteiger partial charge in [-0.3, -0.25) is 4.79 Å². The first-order chi connectivity index (χ1) is 9.90. The van der Waals surface area contributed by atoms with Crippen LogP contribution >= 0.6 is 0 Å². The van der Waals surface area contributed by atoms with Crippen LogP contribution in [-0.2, 0) is 15.7 Å². The normalized spacial score (nSPS) is 22.9. The van der Waals surface area contributed by atoms with E-state index in [1.165, 1.54) is 7.11 Å². The fourth-order valence-corrected chi connectivity index (χ4v) is 3.04. The number of benzene rings is 1. The lowest BCUT2D eigenvalue weighted by atomic mass is 9.77. The second kappa shape index (κ2) is 6.50. The van der Waals surface area contributed by atoms with Crippen molar-refractivity contribution < 1.29 is 22.7 Å². The molecule has 2 rings (SSSR count). The highest BCUT2D eigenvalue weighted by Gasteiger charge is 2.31. The Morgan fingerprint density at radius 1 is 1.24 bits per heavy atom. The summed E-state index contributed by atoms with van der Waals surface area (Å²) in [7, 11) is 1.37. The molecular formula is C16H19F3O2. The Morgan fingerprint density at radius 3 is 2.48 bits per heavy atom. The lowest BCUT2D eigenvalue weighted by Crippen LogP contribution is -2.18. The van der Waals surface area contributed by atoms with Gasteiger partial charge in [-0.2, -0.15) is 13.2 Å². The fourth-order valence-electron chi connectivity index (χ4n) is 3.04. The van der Waals surface area contributed by atoms with Crippen molar-refractivity contribution >= 4 is 5.97 Å². The van der Waals surface area contributed by atoms with E-state index in [2.05, 4.69) is 4.74 Å². The molecule has 0 bridgehead atoms. The Balaban J connectivity index is 2.02. The Hall–Kier alpha value is -1.52. The van der Waals surface area contributed by atoms with Crippen LogP contribution in [0.4, 0.5) is 13.2 Å². The molecule has 0 aromatic heterocycles. The van der Waals surface area contributed by atoms with E-state index in [1.54, 1.807) is 12.1 Å². The molecule has 0 spiro atoms. The molecule has 1 fully saturated rings. The lowest BCUT2D eigenvalue weighted by Gasteiger charge is -2.29. The number of alkyl halides is 3. The van der Waals surface area contributed by atoms with E-state index in [9.17, 15) is 18.0 Å². The zero-order chi connectivity index (χ0) is 15.5. The van der Waals surface area contributed by atoms with E-state index in [-0.39, 0.29) is 17.8 Å². The summed E-state index contributed by atoms with van der Waals surface area (Å²) in [5, 5.41) is 0. The van der Waals surface area contributed by atoms with Crippen LogP contribution in [0.15, 0.2) is 24.3 Å². The second-order valence-electron chi connectivity index (χ2n) is 5.63. The highest BCUT2D eigenvalue weighted by molar-refractivity contribution is 5.69. The van der Waals surface area contributed by atoms with Gasteiger partial charge in [-0.05, 0) is 48.8 Å². The summed E-state index contributed by atoms with van der Waals surface area (Å²) >= 11 is 0. The van der Waals surface area contributed by atoms with Gasteiger partial charge in [-0.25, -0.2) is 0 Å². The predicted molar refractivity (Wildman–Crippen MR) is 72.8 cm³/mol. The van der Waals surface area contributed by atoms with E-state index < -0.39 is 11.7 Å². The van der Waals surface area contributed by atoms with Crippen LogP contribution in [-0.4, -0.2) is 13.1 Å². The van der Waals surface area contributed by atoms with Crippen LogP contribution in [0.5, 0.6) is 0 Å². The number of halogens is 3. The summed E-state index contributed by atoms with van der Waals surface area (Å²) in [5.41, 5.74) is 0.311. The summed E-state index contributed by atoms with van der Waals surface area (Å²) in [4.78, 5) is 11.3. The molecule has 1 aromatic rings. The largest absolute Gasteiger partial charge is 0.469 e. The van der Waals surface area contributed by atoms with E-state index >= 15 is 0 Å². The van der Waals surface area contributed by atoms with Crippen molar-refractivity contribution in [3.8, 4) is 0 Å². The smallest absolute Gasteiger partial charge is 0.416 e. The van der Waals surface area contributed by atoms with Crippen LogP contribution in [0.25, 0.3) is 0 Å². The van der Waals surface area contributed by atoms with Gasteiger partial charge >= 0.3 is 12.1 Å². The van der Waals surface area contributed by atoms with Gasteiger partial charge in [0.25, 0.3) is 0 Å². The molecule has 1 aliphatic carbocycles. The van der Waals surface area contributed by atoms with Gasteiger partial charge in [-0.15, -0.1) is 0 Å². The number of carbonyl (C=O) groups excluding carboxylic acids is 1. The molecule has 2 nitrogen and oxygen atoms in total. The van der Waals surface area contributed by atoms with Gasteiger partial charge < -0.3 is 4.74 Å². The maximum absolute atomic E-state index is 12.6. The summed E-state index contributed by atoms with van der Waals surface area (Å²) in [6.45, 7) is 0. The summed E-state index contributed by atoms with van der Waals surface area (Å²) in [5.74, 6) is 0.280. The Labute approximate surface area is 122 Å². The van der Waals surface area contributed by atoms with Gasteiger partial charge in [-0.1, -0.05) is 18.6 Å². The molecule has 0 amide bonds. The molecule has 0 saturated heterocycles. The minimum absolute atomic E-state index is 0.215. The number of ether oxygens (including phenoxy) is 1. The number of methoxy groups -OCH3 is 1. The van der Waals surface area contributed by atoms with Crippen LogP contribution in [0.1, 0.15) is 49.1 Å². The van der Waals surface area contributed by atoms with E-state index in [1.807, 2.05) is 0 Å². The molecular weight excluding hydrogens is 281 g/mol. The van der Waals surface area contributed by atoms with Gasteiger partial charge in [0, 0.05) is 6.42 Å². The van der Waals surface area contributed by atoms with Crippen molar-refractivity contribution in [1.29, 1.82) is 0 Å². The summed E-state index contributed by atoms with van der Waals surface area (Å²) in [6, 6.07) is 5.40. The topological polar surface area (TPSA) is 26.3 Å². The zero-order valence-electron chi connectivity index (χ0n) is 12.0. The molecule has 1 aromatic carbocycles. The SMILES string of the molecule is COC(=O)CC1CCCC(c2ccc(C(F)(F)F)cc2)C1. The number of rotatable bonds is 3. The third-order valence-corrected chi connectivity index (χ3v) is 4.18. The molecule has 116 valence electrons. The average Bonchev–Trinajstić information content (AvgIpc) is 2.46. The predicted octanol–water partition coefficient (Wildman–Crippen LogP) is 4.54. The number of carbonyl (C=O) groups is 1. The van der Waals surface area contributed by atoms with Gasteiger partial charge in [0.15, 0.2) is 0 Å². The van der Waals surface area contributed by atoms with Crippen molar-refractivity contribution in [1.82, 2.24) is 0 Å². The van der Waals surface area contributed by atoms with Crippen molar-refractivity contribution in [3.63, 3.8) is 0 Å². The molecule has 1 saturated carbocycles. The molecule has 0 N–H and O–H groups in total. The second-order valence-corrected chi connectivity index (χ2v) is 5.63. The molecule has 0 heterocycles.